The number of aliphatic hydroxyl groups is 5. The van der Waals surface area contributed by atoms with Crippen LogP contribution in [-0.4, -0.2) is 186 Å². The maximum absolute atomic E-state index is 14.8. The molecule has 3 aliphatic heterocycles. The number of hydrogen-bond donors (Lipinski definition) is 5. The summed E-state index contributed by atoms with van der Waals surface area (Å²) < 4.78 is 49.8. The molecular weight excluding hydrogens is 1080 g/mol. The van der Waals surface area contributed by atoms with Crippen molar-refractivity contribution in [3.63, 3.8) is 0 Å². The second kappa shape index (κ2) is 30.1. The van der Waals surface area contributed by atoms with Crippen molar-refractivity contribution in [2.45, 2.75) is 231 Å². The molecule has 83 heavy (non-hydrogen) atoms. The molecule has 3 aromatic rings. The molecule has 3 fully saturated rings. The molecule has 17 heteroatoms. The third-order valence-corrected chi connectivity index (χ3v) is 23.3. The third-order valence-electron chi connectivity index (χ3n) is 18.7. The van der Waals surface area contributed by atoms with Crippen molar-refractivity contribution in [3.05, 3.63) is 78.4 Å². The highest BCUT2D eigenvalue weighted by Gasteiger charge is 2.53. The van der Waals surface area contributed by atoms with Crippen LogP contribution >= 0.6 is 7.26 Å². The van der Waals surface area contributed by atoms with Crippen molar-refractivity contribution in [2.75, 3.05) is 54.7 Å². The highest BCUT2D eigenvalue weighted by Crippen LogP contribution is 2.56. The lowest BCUT2D eigenvalue weighted by atomic mass is 9.77. The number of methoxy groups -OCH3 is 3. The number of ether oxygens (including phenoxy) is 8. The predicted octanol–water partition coefficient (Wildman–Crippen LogP) is 7.93. The maximum atomic E-state index is 14.8. The normalized spacial score (nSPS) is 35.5. The molecule has 0 saturated carbocycles. The lowest BCUT2D eigenvalue weighted by Gasteiger charge is -2.48. The minimum Gasteiger partial charge on any atom is -0.497 e. The summed E-state index contributed by atoms with van der Waals surface area (Å²) in [6.45, 7) is 21.2. The van der Waals surface area contributed by atoms with Gasteiger partial charge in [0.05, 0.1) is 61.9 Å². The van der Waals surface area contributed by atoms with E-state index in [2.05, 4.69) is 91.5 Å². The number of likely N-dealkylation sites (N-methyl/N-ethyl adjacent to an activating group) is 1. The summed E-state index contributed by atoms with van der Waals surface area (Å²) in [4.78, 5) is 18.9. The van der Waals surface area contributed by atoms with Gasteiger partial charge < -0.3 is 68.3 Å². The van der Waals surface area contributed by atoms with Crippen LogP contribution < -0.4 is 25.4 Å². The number of cyclic esters (lactones) is 1. The first-order valence-electron chi connectivity index (χ1n) is 30.7. The van der Waals surface area contributed by atoms with Crippen LogP contribution in [0.25, 0.3) is 0 Å². The van der Waals surface area contributed by atoms with Crippen LogP contribution in [0.3, 0.4) is 0 Å². The molecule has 18 atom stereocenters. The summed E-state index contributed by atoms with van der Waals surface area (Å²) in [5, 5.41) is 64.9. The lowest BCUT2D eigenvalue weighted by molar-refractivity contribution is -0.318. The zero-order valence-corrected chi connectivity index (χ0v) is 53.9. The molecule has 6 rings (SSSR count). The van der Waals surface area contributed by atoms with Crippen molar-refractivity contribution in [1.29, 1.82) is 0 Å². The van der Waals surface area contributed by atoms with E-state index in [9.17, 15) is 30.3 Å². The Bertz CT molecular complexity index is 2380. The molecule has 3 aromatic carbocycles. The van der Waals surface area contributed by atoms with Crippen molar-refractivity contribution in [1.82, 2.24) is 9.80 Å². The summed E-state index contributed by atoms with van der Waals surface area (Å²) in [7, 11) is 6.63. The Morgan fingerprint density at radius 3 is 1.80 bits per heavy atom. The summed E-state index contributed by atoms with van der Waals surface area (Å²) in [5.74, 6) is -1.07. The fourth-order valence-electron chi connectivity index (χ4n) is 13.6. The zero-order chi connectivity index (χ0) is 61.2. The number of carbonyl (C=O) groups excluding carboxylic acids is 1. The molecule has 0 bridgehead atoms. The highest BCUT2D eigenvalue weighted by atomic mass is 31.2. The molecule has 0 unspecified atom stereocenters. The van der Waals surface area contributed by atoms with Crippen LogP contribution in [0.5, 0.6) is 11.5 Å². The molecule has 0 amide bonds. The zero-order valence-electron chi connectivity index (χ0n) is 53.0. The number of aliphatic hydroxyl groups excluding tert-OH is 3. The summed E-state index contributed by atoms with van der Waals surface area (Å²) in [6.07, 6.45) is -1.73. The van der Waals surface area contributed by atoms with E-state index in [4.69, 9.17) is 37.9 Å². The van der Waals surface area contributed by atoms with E-state index in [0.29, 0.717) is 19.5 Å². The number of esters is 1. The van der Waals surface area contributed by atoms with E-state index in [1.807, 2.05) is 46.7 Å². The Hall–Kier alpha value is -3.32. The molecule has 468 valence electrons. The van der Waals surface area contributed by atoms with E-state index < -0.39 is 103 Å². The molecule has 5 N–H and O–H groups in total. The lowest BCUT2D eigenvalue weighted by Crippen LogP contribution is -2.60. The minimum absolute atomic E-state index is 0.116. The van der Waals surface area contributed by atoms with Gasteiger partial charge in [-0.1, -0.05) is 57.7 Å². The van der Waals surface area contributed by atoms with Gasteiger partial charge in [-0.25, -0.2) is 0 Å². The van der Waals surface area contributed by atoms with E-state index in [0.717, 1.165) is 56.2 Å². The van der Waals surface area contributed by atoms with Gasteiger partial charge in [-0.3, -0.25) is 9.69 Å². The van der Waals surface area contributed by atoms with Gasteiger partial charge in [0.2, 0.25) is 0 Å². The van der Waals surface area contributed by atoms with E-state index in [1.54, 1.807) is 41.9 Å². The largest absolute Gasteiger partial charge is 0.497 e. The molecule has 3 saturated heterocycles. The maximum Gasteiger partial charge on any atom is 0.311 e. The number of rotatable bonds is 21. The van der Waals surface area contributed by atoms with Gasteiger partial charge in [0.15, 0.2) is 12.6 Å². The van der Waals surface area contributed by atoms with E-state index in [1.165, 1.54) is 35.5 Å². The number of carbonyl (C=O) groups is 1. The predicted molar refractivity (Wildman–Crippen MR) is 329 cm³/mol. The molecule has 0 radical (unpaired) electrons. The molecule has 3 aliphatic rings. The number of nitrogens with zero attached hydrogens (tertiary/aromatic N) is 2. The van der Waals surface area contributed by atoms with Crippen LogP contribution in [0.2, 0.25) is 0 Å². The van der Waals surface area contributed by atoms with Gasteiger partial charge in [-0.05, 0) is 181 Å². The standard InChI is InChI=1S/C66H106N2O14P/c1-17-55-66(11,74)59(70)47(7)68(36-22-20-18-19-21-23-37-83(51-30-24-42(2)25-31-51,52-32-26-49(75-14)27-33-52)53-34-28-50(76-15)29-35-53)41-43(3)39-64(9,73)61(82-63-57(69)54(67(12)13)38-44(4)78-63)45(5)58(46(6)62(72)80-55)81-56-40-65(10,77-16)60(71)48(8)79-56/h24-35,43-48,54-61,63,69-71,73-74H,17-23,36-41H2,1-16H3/q+1/t43-,44-,45+,46-,47-,48+,54+,55-,56+,57-,58+,59-,60+,61-,63+,64-,65-,66-/m1/s1. The molecule has 3 heterocycles. The first-order chi connectivity index (χ1) is 39.2. The summed E-state index contributed by atoms with van der Waals surface area (Å²) in [6, 6.07) is 25.4. The summed E-state index contributed by atoms with van der Waals surface area (Å²) >= 11 is 0. The van der Waals surface area contributed by atoms with Crippen molar-refractivity contribution in [2.24, 2.45) is 17.8 Å². The summed E-state index contributed by atoms with van der Waals surface area (Å²) in [5.41, 5.74) is -3.32. The average Bonchev–Trinajstić information content (AvgIpc) is 3.51. The van der Waals surface area contributed by atoms with Gasteiger partial charge in [-0.15, -0.1) is 0 Å². The molecule has 0 spiro atoms. The fraction of sp³-hybridized carbons (Fsp3) is 0.712. The number of benzene rings is 3. The van der Waals surface area contributed by atoms with Crippen LogP contribution in [0.1, 0.15) is 139 Å². The number of hydrogen-bond acceptors (Lipinski definition) is 16. The SMILES string of the molecule is CC[C@H]1OC(=O)[C@H](C)[C@@H](O[C@H]2C[C@@](C)(OC)[C@@H](O)[C@H](C)O2)[C@H](C)[C@@H](O[C@@H]2O[C@H](C)C[C@H](N(C)C)[C@H]2O)[C@](C)(O)C[C@@H](C)CN(CCCCCCCC[P+](c2ccc(C)cc2)(c2ccc(OC)cc2)c2ccc(OC)cc2)[C@H](C)[C@@H](O)[C@]1(C)O. The van der Waals surface area contributed by atoms with Crippen LogP contribution in [-0.2, 0) is 33.2 Å². The van der Waals surface area contributed by atoms with Crippen LogP contribution in [0.15, 0.2) is 72.8 Å². The van der Waals surface area contributed by atoms with E-state index >= 15 is 0 Å². The van der Waals surface area contributed by atoms with Crippen LogP contribution in [0.4, 0.5) is 0 Å². The first kappa shape index (κ1) is 68.8. The Morgan fingerprint density at radius 2 is 1.27 bits per heavy atom. The van der Waals surface area contributed by atoms with Gasteiger partial charge >= 0.3 is 5.97 Å². The Labute approximate surface area is 498 Å². The quantitative estimate of drug-likeness (QED) is 0.0391. The highest BCUT2D eigenvalue weighted by molar-refractivity contribution is 7.95. The van der Waals surface area contributed by atoms with E-state index in [-0.39, 0.29) is 37.3 Å². The van der Waals surface area contributed by atoms with Gasteiger partial charge in [0.25, 0.3) is 0 Å². The van der Waals surface area contributed by atoms with Gasteiger partial charge in [0.1, 0.15) is 64.7 Å². The Morgan fingerprint density at radius 1 is 0.723 bits per heavy atom. The number of unbranched alkanes of at least 4 members (excludes halogenated alkanes) is 5. The average molecular weight is 1180 g/mol. The third kappa shape index (κ3) is 16.5. The van der Waals surface area contributed by atoms with Crippen molar-refractivity contribution >= 4 is 29.1 Å². The second-order valence-electron chi connectivity index (χ2n) is 25.6. The first-order valence-corrected chi connectivity index (χ1v) is 32.7. The molecule has 16 nitrogen and oxygen atoms in total. The minimum atomic E-state index is -2.10. The molecule has 0 aromatic heterocycles. The monoisotopic (exact) mass is 1180 g/mol. The van der Waals surface area contributed by atoms with Gasteiger partial charge in [0, 0.05) is 38.1 Å². The van der Waals surface area contributed by atoms with Crippen molar-refractivity contribution in [3.8, 4) is 11.5 Å². The fourth-order valence-corrected chi connectivity index (χ4v) is 17.9. The Balaban J connectivity index is 1.25. The number of aryl methyl sites for hydroxylation is 1. The Kier molecular flexibility index (Phi) is 24.9. The van der Waals surface area contributed by atoms with Crippen LogP contribution in [0, 0.1) is 24.7 Å². The van der Waals surface area contributed by atoms with Gasteiger partial charge in [-0.2, -0.15) is 0 Å². The smallest absolute Gasteiger partial charge is 0.311 e. The second-order valence-corrected chi connectivity index (χ2v) is 29.2. The van der Waals surface area contributed by atoms with Crippen molar-refractivity contribution < 1.29 is 68.2 Å². The molecular formula is C66H106N2O14P+. The molecule has 0 aliphatic carbocycles. The topological polar surface area (TPSA) is 199 Å².